The average Bonchev–Trinajstić information content (AvgIpc) is 3.42. The number of hydrogen-bond acceptors (Lipinski definition) is 1. The van der Waals surface area contributed by atoms with Crippen molar-refractivity contribution < 1.29 is 0 Å². The van der Waals surface area contributed by atoms with E-state index >= 15 is 0 Å². The molecule has 0 unspecified atom stereocenters. The zero-order chi connectivity index (χ0) is 33.0. The van der Waals surface area contributed by atoms with Gasteiger partial charge in [0.2, 0.25) is 0 Å². The fourth-order valence-electron chi connectivity index (χ4n) is 7.84. The monoisotopic (exact) mass is 625 g/mol. The molecule has 1 heterocycles. The van der Waals surface area contributed by atoms with Crippen LogP contribution in [0.2, 0.25) is 0 Å². The highest BCUT2D eigenvalue weighted by Gasteiger charge is 2.38. The third-order valence-electron chi connectivity index (χ3n) is 10.2. The van der Waals surface area contributed by atoms with Crippen LogP contribution in [0.4, 0.5) is 0 Å². The Morgan fingerprint density at radius 1 is 0.388 bits per heavy atom. The summed E-state index contributed by atoms with van der Waals surface area (Å²) in [5, 5.41) is 2.61. The molecule has 7 aromatic carbocycles. The Labute approximate surface area is 288 Å². The minimum atomic E-state index is -0.0992. The van der Waals surface area contributed by atoms with Crippen LogP contribution in [0.3, 0.4) is 0 Å². The maximum Gasteiger partial charge on any atom is 0.0715 e. The Morgan fingerprint density at radius 2 is 0.939 bits per heavy atom. The second-order valence-electron chi connectivity index (χ2n) is 13.6. The van der Waals surface area contributed by atoms with Crippen LogP contribution in [0.5, 0.6) is 0 Å². The predicted molar refractivity (Wildman–Crippen MR) is 206 cm³/mol. The summed E-state index contributed by atoms with van der Waals surface area (Å²) in [6.07, 6.45) is 0. The van der Waals surface area contributed by atoms with E-state index in [9.17, 15) is 0 Å². The van der Waals surface area contributed by atoms with Crippen molar-refractivity contribution in [2.75, 3.05) is 0 Å². The van der Waals surface area contributed by atoms with E-state index in [0.29, 0.717) is 0 Å². The first-order valence-electron chi connectivity index (χ1n) is 17.0. The Morgan fingerprint density at radius 3 is 1.71 bits per heavy atom. The largest absolute Gasteiger partial charge is 0.248 e. The molecule has 1 heteroatoms. The van der Waals surface area contributed by atoms with E-state index in [0.717, 1.165) is 28.1 Å². The molecule has 9 rings (SSSR count). The van der Waals surface area contributed by atoms with Gasteiger partial charge in [-0.2, -0.15) is 0 Å². The summed E-state index contributed by atoms with van der Waals surface area (Å²) in [5.41, 5.74) is 16.7. The lowest BCUT2D eigenvalue weighted by Crippen LogP contribution is -2.15. The van der Waals surface area contributed by atoms with Crippen LogP contribution < -0.4 is 0 Å². The van der Waals surface area contributed by atoms with Gasteiger partial charge in [0.25, 0.3) is 0 Å². The van der Waals surface area contributed by atoms with Gasteiger partial charge in [-0.25, -0.2) is 4.98 Å². The third-order valence-corrected chi connectivity index (χ3v) is 10.2. The zero-order valence-corrected chi connectivity index (χ0v) is 27.7. The SMILES string of the molecule is CC1(C)c2ccccc2-c2c(-c3cccc(-c4cc(-c5ccccc5)nc(-c5cccc(-c6ccccc6)c5)c4)c3)cc3ccccc3c21. The molecule has 0 radical (unpaired) electrons. The number of rotatable bonds is 5. The molecular weight excluding hydrogens is 591 g/mol. The molecule has 1 aliphatic rings. The highest BCUT2D eigenvalue weighted by atomic mass is 14.7. The Hall–Kier alpha value is -6.05. The zero-order valence-electron chi connectivity index (χ0n) is 27.7. The van der Waals surface area contributed by atoms with Crippen molar-refractivity contribution in [3.05, 3.63) is 187 Å². The van der Waals surface area contributed by atoms with Crippen molar-refractivity contribution in [1.29, 1.82) is 0 Å². The predicted octanol–water partition coefficient (Wildman–Crippen LogP) is 12.9. The molecule has 0 saturated carbocycles. The molecule has 0 bridgehead atoms. The van der Waals surface area contributed by atoms with Crippen LogP contribution >= 0.6 is 0 Å². The quantitative estimate of drug-likeness (QED) is 0.185. The molecule has 0 fully saturated rings. The van der Waals surface area contributed by atoms with E-state index in [-0.39, 0.29) is 5.41 Å². The first kappa shape index (κ1) is 29.1. The first-order chi connectivity index (χ1) is 24.0. The standard InChI is InChI=1S/C48H35N/c1-48(2)43-26-12-11-25-41(43)46-42(29-37-19-9-10-24-40(37)47(46)48)36-22-13-21-35(27-36)39-30-44(33-17-7-4-8-18-33)49-45(31-39)38-23-14-20-34(28-38)32-15-5-3-6-16-32/h3-31H,1-2H3. The maximum absolute atomic E-state index is 5.24. The first-order valence-corrected chi connectivity index (χ1v) is 17.0. The smallest absolute Gasteiger partial charge is 0.0715 e. The summed E-state index contributed by atoms with van der Waals surface area (Å²) in [6, 6.07) is 63.6. The molecule has 0 N–H and O–H groups in total. The maximum atomic E-state index is 5.24. The molecule has 232 valence electrons. The van der Waals surface area contributed by atoms with Gasteiger partial charge >= 0.3 is 0 Å². The van der Waals surface area contributed by atoms with E-state index in [1.54, 1.807) is 0 Å². The second kappa shape index (κ2) is 11.6. The van der Waals surface area contributed by atoms with E-state index < -0.39 is 0 Å². The lowest BCUT2D eigenvalue weighted by Gasteiger charge is -2.24. The molecule has 0 saturated heterocycles. The van der Waals surface area contributed by atoms with Crippen LogP contribution in [0.25, 0.3) is 77.8 Å². The topological polar surface area (TPSA) is 12.9 Å². The van der Waals surface area contributed by atoms with Gasteiger partial charge < -0.3 is 0 Å². The third kappa shape index (κ3) is 4.98. The summed E-state index contributed by atoms with van der Waals surface area (Å²) in [5.74, 6) is 0. The van der Waals surface area contributed by atoms with Gasteiger partial charge in [0.05, 0.1) is 11.4 Å². The number of fused-ring (bicyclic) bond motifs is 5. The van der Waals surface area contributed by atoms with Gasteiger partial charge in [-0.1, -0.05) is 159 Å². The van der Waals surface area contributed by atoms with Crippen LogP contribution in [-0.2, 0) is 5.41 Å². The Bertz CT molecular complexity index is 2510. The molecule has 0 amide bonds. The normalized spacial score (nSPS) is 12.9. The van der Waals surface area contributed by atoms with Gasteiger partial charge in [-0.05, 0) is 96.7 Å². The van der Waals surface area contributed by atoms with E-state index in [2.05, 4.69) is 190 Å². The number of pyridine rings is 1. The van der Waals surface area contributed by atoms with Crippen LogP contribution in [0.1, 0.15) is 25.0 Å². The van der Waals surface area contributed by atoms with E-state index in [1.165, 1.54) is 60.8 Å². The molecule has 0 atom stereocenters. The molecule has 8 aromatic rings. The van der Waals surface area contributed by atoms with E-state index in [4.69, 9.17) is 4.98 Å². The minimum absolute atomic E-state index is 0.0992. The van der Waals surface area contributed by atoms with Crippen molar-refractivity contribution in [1.82, 2.24) is 4.98 Å². The lowest BCUT2D eigenvalue weighted by molar-refractivity contribution is 0.666. The Balaban J connectivity index is 1.23. The van der Waals surface area contributed by atoms with Gasteiger partial charge in [0, 0.05) is 16.5 Å². The van der Waals surface area contributed by atoms with Crippen molar-refractivity contribution in [3.63, 3.8) is 0 Å². The summed E-state index contributed by atoms with van der Waals surface area (Å²) in [4.78, 5) is 5.24. The molecule has 0 aliphatic heterocycles. The average molecular weight is 626 g/mol. The lowest BCUT2D eigenvalue weighted by atomic mass is 9.79. The number of benzene rings is 7. The fourth-order valence-corrected chi connectivity index (χ4v) is 7.84. The van der Waals surface area contributed by atoms with Crippen molar-refractivity contribution in [3.8, 4) is 67.0 Å². The molecule has 1 aromatic heterocycles. The van der Waals surface area contributed by atoms with Crippen LogP contribution in [0, 0.1) is 0 Å². The van der Waals surface area contributed by atoms with E-state index in [1.807, 2.05) is 0 Å². The van der Waals surface area contributed by atoms with Crippen molar-refractivity contribution >= 4 is 10.8 Å². The summed E-state index contributed by atoms with van der Waals surface area (Å²) in [7, 11) is 0. The summed E-state index contributed by atoms with van der Waals surface area (Å²) in [6.45, 7) is 4.75. The summed E-state index contributed by atoms with van der Waals surface area (Å²) >= 11 is 0. The Kier molecular flexibility index (Phi) is 6.88. The summed E-state index contributed by atoms with van der Waals surface area (Å²) < 4.78 is 0. The van der Waals surface area contributed by atoms with Crippen molar-refractivity contribution in [2.45, 2.75) is 19.3 Å². The van der Waals surface area contributed by atoms with Crippen LogP contribution in [-0.4, -0.2) is 4.98 Å². The molecule has 1 nitrogen and oxygen atoms in total. The fraction of sp³-hybridized carbons (Fsp3) is 0.0625. The second-order valence-corrected chi connectivity index (χ2v) is 13.6. The number of nitrogens with zero attached hydrogens (tertiary/aromatic N) is 1. The van der Waals surface area contributed by atoms with Gasteiger partial charge in [0.1, 0.15) is 0 Å². The highest BCUT2D eigenvalue weighted by molar-refractivity contribution is 6.05. The molecule has 0 spiro atoms. The van der Waals surface area contributed by atoms with Gasteiger partial charge in [-0.15, -0.1) is 0 Å². The van der Waals surface area contributed by atoms with Gasteiger partial charge in [-0.3, -0.25) is 0 Å². The molecular formula is C48H35N. The molecule has 49 heavy (non-hydrogen) atoms. The van der Waals surface area contributed by atoms with Crippen molar-refractivity contribution in [2.24, 2.45) is 0 Å². The number of hydrogen-bond donors (Lipinski definition) is 0. The minimum Gasteiger partial charge on any atom is -0.248 e. The number of aromatic nitrogens is 1. The van der Waals surface area contributed by atoms with Crippen LogP contribution in [0.15, 0.2) is 176 Å². The highest BCUT2D eigenvalue weighted by Crippen LogP contribution is 2.55. The van der Waals surface area contributed by atoms with Gasteiger partial charge in [0.15, 0.2) is 0 Å². The molecule has 1 aliphatic carbocycles.